The largest absolute Gasteiger partial charge is 0.396 e. The molecule has 2 aliphatic heterocycles. The van der Waals surface area contributed by atoms with Crippen molar-refractivity contribution in [3.8, 4) is 0 Å². The lowest BCUT2D eigenvalue weighted by Crippen LogP contribution is -2.71. The molecule has 1 spiro atoms. The van der Waals surface area contributed by atoms with Gasteiger partial charge in [-0.15, -0.1) is 0 Å². The van der Waals surface area contributed by atoms with Crippen molar-refractivity contribution >= 4 is 5.78 Å². The number of aliphatic hydroxyl groups is 8. The van der Waals surface area contributed by atoms with E-state index in [0.29, 0.717) is 62.1 Å². The molecule has 0 aromatic carbocycles. The highest BCUT2D eigenvalue weighted by Gasteiger charge is 2.78. The van der Waals surface area contributed by atoms with Crippen LogP contribution in [0.2, 0.25) is 0 Å². The molecule has 0 radical (unpaired) electrons. The van der Waals surface area contributed by atoms with Crippen LogP contribution in [0.3, 0.4) is 0 Å². The minimum Gasteiger partial charge on any atom is -0.396 e. The molecular weight excluding hydrogens is 875 g/mol. The van der Waals surface area contributed by atoms with Crippen LogP contribution >= 0.6 is 0 Å². The van der Waals surface area contributed by atoms with E-state index in [1.807, 2.05) is 13.0 Å². The Morgan fingerprint density at radius 1 is 0.942 bits per heavy atom. The Balaban J connectivity index is 1.14. The lowest BCUT2D eigenvalue weighted by atomic mass is 9.39. The fourth-order valence-electron chi connectivity index (χ4n) is 18.5. The molecule has 10 aliphatic rings. The van der Waals surface area contributed by atoms with Crippen LogP contribution in [0.5, 0.6) is 0 Å². The molecule has 386 valence electrons. The van der Waals surface area contributed by atoms with Gasteiger partial charge in [-0.25, -0.2) is 0 Å². The van der Waals surface area contributed by atoms with Crippen molar-refractivity contribution in [2.24, 2.45) is 69.8 Å². The maximum absolute atomic E-state index is 15.8. The van der Waals surface area contributed by atoms with Gasteiger partial charge in [0.25, 0.3) is 0 Å². The van der Waals surface area contributed by atoms with Gasteiger partial charge >= 0.3 is 0 Å². The number of aliphatic hydroxyl groups excluding tert-OH is 5. The predicted octanol–water partition coefficient (Wildman–Crippen LogP) is 4.93. The Kier molecular flexibility index (Phi) is 13.8. The van der Waals surface area contributed by atoms with Gasteiger partial charge in [0.15, 0.2) is 5.78 Å². The second kappa shape index (κ2) is 19.0. The van der Waals surface area contributed by atoms with Crippen molar-refractivity contribution in [3.05, 3.63) is 46.8 Å². The van der Waals surface area contributed by atoms with Gasteiger partial charge in [0.05, 0.1) is 59.7 Å². The van der Waals surface area contributed by atoms with Crippen molar-refractivity contribution in [1.82, 2.24) is 10.6 Å². The molecule has 69 heavy (non-hydrogen) atoms. The monoisotopic (exact) mass is 962 g/mol. The molecule has 12 N–H and O–H groups in total. The van der Waals surface area contributed by atoms with Gasteiger partial charge in [0.2, 0.25) is 0 Å². The first kappa shape index (κ1) is 50.4. The number of carbonyl (C=O) groups is 1. The summed E-state index contributed by atoms with van der Waals surface area (Å²) in [7, 11) is 0. The van der Waals surface area contributed by atoms with Crippen LogP contribution in [0, 0.1) is 64.1 Å². The molecule has 8 aliphatic carbocycles. The van der Waals surface area contributed by atoms with Crippen LogP contribution in [0.4, 0.5) is 0 Å². The first-order chi connectivity index (χ1) is 33.0. The zero-order valence-corrected chi connectivity index (χ0v) is 41.8. The number of ketones is 1. The van der Waals surface area contributed by atoms with E-state index in [1.165, 1.54) is 6.42 Å². The number of Topliss-reactive ketones (excluding diaryl/α,β-unsaturated/α-hetero) is 1. The van der Waals surface area contributed by atoms with E-state index in [-0.39, 0.29) is 80.3 Å². The van der Waals surface area contributed by atoms with E-state index >= 15 is 4.79 Å². The summed E-state index contributed by atoms with van der Waals surface area (Å²) in [4.78, 5) is 15.8. The molecule has 13 heteroatoms. The molecule has 2 heterocycles. The number of allylic oxidation sites excluding steroid dienone is 6. The quantitative estimate of drug-likeness (QED) is 0.117. The van der Waals surface area contributed by atoms with E-state index in [0.717, 1.165) is 69.1 Å². The molecule has 6 saturated carbocycles. The summed E-state index contributed by atoms with van der Waals surface area (Å²) >= 11 is 0. The van der Waals surface area contributed by atoms with E-state index < -0.39 is 82.1 Å². The number of fused-ring (bicyclic) bond motifs is 5. The van der Waals surface area contributed by atoms with Crippen molar-refractivity contribution in [2.45, 2.75) is 215 Å². The molecule has 0 bridgehead atoms. The Labute approximate surface area is 410 Å². The summed E-state index contributed by atoms with van der Waals surface area (Å²) in [6.07, 6.45) is 17.6. The van der Waals surface area contributed by atoms with Crippen molar-refractivity contribution in [1.29, 1.82) is 0 Å². The number of carbonyl (C=O) groups excluding carboxylic acids is 1. The van der Waals surface area contributed by atoms with E-state index in [2.05, 4.69) is 35.8 Å². The van der Waals surface area contributed by atoms with Crippen LogP contribution in [0.25, 0.3) is 0 Å². The molecule has 10 rings (SSSR count). The molecular formula is C56H87N3O10. The van der Waals surface area contributed by atoms with Gasteiger partial charge in [0.1, 0.15) is 5.60 Å². The van der Waals surface area contributed by atoms with Gasteiger partial charge in [-0.2, -0.15) is 0 Å². The third-order valence-corrected chi connectivity index (χ3v) is 21.2. The Hall–Kier alpha value is -2.17. The molecule has 1 saturated heterocycles. The lowest BCUT2D eigenvalue weighted by Gasteiger charge is -2.66. The van der Waals surface area contributed by atoms with Gasteiger partial charge in [-0.1, -0.05) is 57.3 Å². The van der Waals surface area contributed by atoms with Gasteiger partial charge in [0, 0.05) is 42.0 Å². The fraction of sp³-hybridized carbons (Fsp3) is 0.839. The standard InChI is InChI=1S/C56H87N3O10/c1-4-9-32-14-18-37-43(20-15-32)69-51-46(37)40(62)13-7-23-56(51,68)52(3,66)44-22-24-55(67)48-47-34(28-54(44,55)35-10-5-6-11-35)17-16-33(36-19-21-45(57)59-39(36)12-8-25-60)27-53(47)29-42(64)41(63)26-38(53)50(65)49(48)58-30-31(2)61/h16-17,19,21,31-35,37-38,40-47,51,58-64,66-68H,4-15,18,20,22-30,57H2,1-3H3/t31-,32-,33-,34+,37+,38-,40-,41+,42-,43+,44+,45?,46+,47-,51+,52+,53-,54-,55+,56+/m0/s1. The van der Waals surface area contributed by atoms with E-state index in [4.69, 9.17) is 10.5 Å². The minimum absolute atomic E-state index is 0.0136. The maximum atomic E-state index is 15.8. The summed E-state index contributed by atoms with van der Waals surface area (Å²) < 4.78 is 7.13. The van der Waals surface area contributed by atoms with Crippen molar-refractivity contribution < 1.29 is 50.4 Å². The molecule has 13 nitrogen and oxygen atoms in total. The normalized spacial score (nSPS) is 47.7. The molecule has 0 aromatic heterocycles. The smallest absolute Gasteiger partial charge is 0.182 e. The Bertz CT molecular complexity index is 2050. The minimum atomic E-state index is -1.79. The zero-order valence-electron chi connectivity index (χ0n) is 41.8. The average molecular weight is 962 g/mol. The Morgan fingerprint density at radius 2 is 1.71 bits per heavy atom. The van der Waals surface area contributed by atoms with Crippen LogP contribution in [0.1, 0.15) is 156 Å². The van der Waals surface area contributed by atoms with Crippen LogP contribution in [0.15, 0.2) is 46.8 Å². The molecule has 7 fully saturated rings. The number of hydrogen-bond acceptors (Lipinski definition) is 13. The van der Waals surface area contributed by atoms with Gasteiger partial charge in [-0.3, -0.25) is 4.79 Å². The van der Waals surface area contributed by atoms with Crippen LogP contribution < -0.4 is 16.4 Å². The topological polar surface area (TPSA) is 238 Å². The third kappa shape index (κ3) is 7.85. The first-order valence-electron chi connectivity index (χ1n) is 27.8. The maximum Gasteiger partial charge on any atom is 0.182 e. The Morgan fingerprint density at radius 3 is 2.45 bits per heavy atom. The van der Waals surface area contributed by atoms with E-state index in [1.54, 1.807) is 6.92 Å². The summed E-state index contributed by atoms with van der Waals surface area (Å²) in [5.74, 6) is -2.16. The van der Waals surface area contributed by atoms with Crippen LogP contribution in [-0.4, -0.2) is 119 Å². The summed E-state index contributed by atoms with van der Waals surface area (Å²) in [6, 6.07) is 0. The summed E-state index contributed by atoms with van der Waals surface area (Å²) in [6.45, 7) is 5.80. The van der Waals surface area contributed by atoms with Gasteiger partial charge < -0.3 is 62.0 Å². The predicted molar refractivity (Wildman–Crippen MR) is 261 cm³/mol. The number of rotatable bonds is 12. The molecule has 20 atom stereocenters. The lowest BCUT2D eigenvalue weighted by molar-refractivity contribution is -0.265. The first-order valence-corrected chi connectivity index (χ1v) is 27.8. The molecule has 1 unspecified atom stereocenters. The summed E-state index contributed by atoms with van der Waals surface area (Å²) in [5, 5.41) is 105. The number of nitrogens with one attached hydrogen (secondary N) is 2. The number of dihydropyridines is 1. The summed E-state index contributed by atoms with van der Waals surface area (Å²) in [5.41, 5.74) is 2.24. The zero-order chi connectivity index (χ0) is 48.8. The molecule has 0 aromatic rings. The van der Waals surface area contributed by atoms with E-state index in [9.17, 15) is 40.9 Å². The van der Waals surface area contributed by atoms with Crippen molar-refractivity contribution in [2.75, 3.05) is 13.2 Å². The SMILES string of the molecule is CCC[C@H]1CC[C@H]2[C@H]3[C@@H](O[C@@H]2CC1)[C@@](O)([C@](C)(O)[C@H]1CC[C@@]2(O)C4=C(NC[C@H](C)O)C(=O)[C@@H]5C[C@@H](O)[C@@H](O)C[C@@]56C[C@@H](C5=C(CCCO)NC(N)C=C5)C=C[C@H](C[C@]12C1CCCC1)[C@@H]46)CCC[C@@H]3O. The highest BCUT2D eigenvalue weighted by molar-refractivity contribution is 6.00. The number of hydrogen-bond donors (Lipinski definition) is 11. The highest BCUT2D eigenvalue weighted by Crippen LogP contribution is 2.76. The average Bonchev–Trinajstić information content (AvgIpc) is 3.97. The fourth-order valence-corrected chi connectivity index (χ4v) is 18.5. The highest BCUT2D eigenvalue weighted by atomic mass is 16.5. The number of ether oxygens (including phenoxy) is 1. The van der Waals surface area contributed by atoms with Gasteiger partial charge in [-0.05, 0) is 175 Å². The number of nitrogens with two attached hydrogens (primary N) is 1. The van der Waals surface area contributed by atoms with Crippen LogP contribution in [-0.2, 0) is 9.53 Å². The molecule has 0 amide bonds. The second-order valence-corrected chi connectivity index (χ2v) is 24.7. The van der Waals surface area contributed by atoms with Crippen molar-refractivity contribution in [3.63, 3.8) is 0 Å². The third-order valence-electron chi connectivity index (χ3n) is 21.2. The second-order valence-electron chi connectivity index (χ2n) is 24.7.